The van der Waals surface area contributed by atoms with Gasteiger partial charge in [-0.2, -0.15) is 0 Å². The van der Waals surface area contributed by atoms with Crippen LogP contribution in [0.1, 0.15) is 32.8 Å². The van der Waals surface area contributed by atoms with E-state index in [1.807, 2.05) is 24.3 Å². The van der Waals surface area contributed by atoms with Crippen LogP contribution in [0.2, 0.25) is 0 Å². The summed E-state index contributed by atoms with van der Waals surface area (Å²) in [7, 11) is 0. The highest BCUT2D eigenvalue weighted by atomic mass is 16.6. The summed E-state index contributed by atoms with van der Waals surface area (Å²) in [6, 6.07) is 6.68. The minimum Gasteiger partial charge on any atom is -0.480 e. The molecule has 0 saturated carbocycles. The highest BCUT2D eigenvalue weighted by Crippen LogP contribution is 2.29. The van der Waals surface area contributed by atoms with Crippen molar-refractivity contribution in [2.45, 2.75) is 44.9 Å². The van der Waals surface area contributed by atoms with E-state index in [0.29, 0.717) is 5.88 Å². The molecule has 148 valence electrons. The number of fused-ring (bicyclic) bond motifs is 1. The van der Waals surface area contributed by atoms with Crippen LogP contribution >= 0.6 is 0 Å². The first-order chi connectivity index (χ1) is 13.2. The molecule has 1 amide bonds. The van der Waals surface area contributed by atoms with Gasteiger partial charge < -0.3 is 14.6 Å². The molecular weight excluding hydrogens is 360 g/mol. The number of likely N-dealkylation sites (tertiary alicyclic amines) is 1. The molecule has 7 heteroatoms. The summed E-state index contributed by atoms with van der Waals surface area (Å²) in [6.07, 6.45) is 2.37. The lowest BCUT2D eigenvalue weighted by atomic mass is 10.1. The van der Waals surface area contributed by atoms with E-state index in [4.69, 9.17) is 9.47 Å². The van der Waals surface area contributed by atoms with Crippen molar-refractivity contribution in [1.82, 2.24) is 9.88 Å². The maximum absolute atomic E-state index is 12.4. The van der Waals surface area contributed by atoms with E-state index in [1.54, 1.807) is 33.0 Å². The molecule has 28 heavy (non-hydrogen) atoms. The van der Waals surface area contributed by atoms with Crippen molar-refractivity contribution >= 4 is 28.9 Å². The number of aromatic nitrogens is 1. The molecule has 1 aromatic heterocycles. The van der Waals surface area contributed by atoms with E-state index in [0.717, 1.165) is 16.3 Å². The SMILES string of the molecule is C=Cc1ccc2ccnc(O[C@@H]3C[C@@H](C(=O)O)N(C(=O)OC(C)(C)C)C3)c2c1. The van der Waals surface area contributed by atoms with Gasteiger partial charge in [0.05, 0.1) is 6.54 Å². The van der Waals surface area contributed by atoms with Crippen LogP contribution in [0.5, 0.6) is 5.88 Å². The predicted octanol–water partition coefficient (Wildman–Crippen LogP) is 3.72. The van der Waals surface area contributed by atoms with Gasteiger partial charge in [-0.25, -0.2) is 14.6 Å². The molecule has 1 aromatic carbocycles. The Labute approximate surface area is 163 Å². The van der Waals surface area contributed by atoms with Gasteiger partial charge in [0.2, 0.25) is 5.88 Å². The molecule has 0 bridgehead atoms. The Hall–Kier alpha value is -3.09. The summed E-state index contributed by atoms with van der Waals surface area (Å²) in [5.74, 6) is -0.682. The van der Waals surface area contributed by atoms with Crippen LogP contribution in [0.15, 0.2) is 37.0 Å². The zero-order valence-electron chi connectivity index (χ0n) is 16.2. The van der Waals surface area contributed by atoms with Gasteiger partial charge in [0.25, 0.3) is 0 Å². The topological polar surface area (TPSA) is 89.0 Å². The van der Waals surface area contributed by atoms with Crippen LogP contribution in [0, 0.1) is 0 Å². The van der Waals surface area contributed by atoms with Gasteiger partial charge in [-0.1, -0.05) is 24.8 Å². The van der Waals surface area contributed by atoms with Gasteiger partial charge in [-0.05, 0) is 43.9 Å². The summed E-state index contributed by atoms with van der Waals surface area (Å²) in [4.78, 5) is 29.6. The van der Waals surface area contributed by atoms with Crippen molar-refractivity contribution in [2.75, 3.05) is 6.54 Å². The van der Waals surface area contributed by atoms with Crippen molar-refractivity contribution in [3.63, 3.8) is 0 Å². The fraction of sp³-hybridized carbons (Fsp3) is 0.381. The Morgan fingerprint density at radius 1 is 1.32 bits per heavy atom. The maximum Gasteiger partial charge on any atom is 0.411 e. The lowest BCUT2D eigenvalue weighted by Gasteiger charge is -2.26. The Kier molecular flexibility index (Phi) is 5.27. The van der Waals surface area contributed by atoms with Crippen LogP contribution < -0.4 is 4.74 Å². The number of ether oxygens (including phenoxy) is 2. The lowest BCUT2D eigenvalue weighted by Crippen LogP contribution is -2.43. The van der Waals surface area contributed by atoms with Gasteiger partial charge in [0.15, 0.2) is 0 Å². The Bertz CT molecular complexity index is 919. The molecule has 1 aliphatic heterocycles. The van der Waals surface area contributed by atoms with Crippen LogP contribution in [-0.4, -0.2) is 51.3 Å². The van der Waals surface area contributed by atoms with E-state index in [1.165, 1.54) is 4.90 Å². The van der Waals surface area contributed by atoms with Gasteiger partial charge in [-0.3, -0.25) is 4.90 Å². The molecule has 1 fully saturated rings. The number of amides is 1. The Morgan fingerprint density at radius 2 is 2.07 bits per heavy atom. The number of carbonyl (C=O) groups is 2. The third kappa shape index (κ3) is 4.24. The van der Waals surface area contributed by atoms with Gasteiger partial charge in [0, 0.05) is 18.0 Å². The van der Waals surface area contributed by atoms with E-state index < -0.39 is 29.8 Å². The normalized spacial score (nSPS) is 19.5. The highest BCUT2D eigenvalue weighted by molar-refractivity contribution is 5.88. The average Bonchev–Trinajstić information content (AvgIpc) is 3.05. The van der Waals surface area contributed by atoms with Gasteiger partial charge >= 0.3 is 12.1 Å². The van der Waals surface area contributed by atoms with Crippen LogP contribution in [0.3, 0.4) is 0 Å². The zero-order chi connectivity index (χ0) is 20.5. The fourth-order valence-corrected chi connectivity index (χ4v) is 3.18. The number of nitrogens with zero attached hydrogens (tertiary/aromatic N) is 2. The minimum absolute atomic E-state index is 0.116. The number of rotatable bonds is 4. The second-order valence-corrected chi connectivity index (χ2v) is 7.76. The number of carboxylic acids is 1. The Morgan fingerprint density at radius 3 is 2.71 bits per heavy atom. The molecule has 7 nitrogen and oxygen atoms in total. The third-order valence-corrected chi connectivity index (χ3v) is 4.44. The summed E-state index contributed by atoms with van der Waals surface area (Å²) < 4.78 is 11.4. The number of carbonyl (C=O) groups excluding carboxylic acids is 1. The number of pyridine rings is 1. The quantitative estimate of drug-likeness (QED) is 0.864. The molecule has 1 saturated heterocycles. The van der Waals surface area contributed by atoms with Crippen molar-refractivity contribution in [2.24, 2.45) is 0 Å². The summed E-state index contributed by atoms with van der Waals surface area (Å²) in [5, 5.41) is 11.3. The van der Waals surface area contributed by atoms with Crippen molar-refractivity contribution in [1.29, 1.82) is 0 Å². The number of hydrogen-bond acceptors (Lipinski definition) is 5. The molecular formula is C21H24N2O5. The second-order valence-electron chi connectivity index (χ2n) is 7.76. The monoisotopic (exact) mass is 384 g/mol. The van der Waals surface area contributed by atoms with Crippen molar-refractivity contribution in [3.05, 3.63) is 42.6 Å². The third-order valence-electron chi connectivity index (χ3n) is 4.44. The van der Waals surface area contributed by atoms with Gasteiger partial charge in [-0.15, -0.1) is 0 Å². The number of carboxylic acid groups (broad SMARTS) is 1. The summed E-state index contributed by atoms with van der Waals surface area (Å²) in [6.45, 7) is 9.10. The fourth-order valence-electron chi connectivity index (χ4n) is 3.18. The first-order valence-corrected chi connectivity index (χ1v) is 9.08. The molecule has 0 aliphatic carbocycles. The zero-order valence-corrected chi connectivity index (χ0v) is 16.2. The molecule has 0 unspecified atom stereocenters. The molecule has 0 radical (unpaired) electrons. The van der Waals surface area contributed by atoms with E-state index in [2.05, 4.69) is 11.6 Å². The Balaban J connectivity index is 1.83. The molecule has 3 rings (SSSR count). The first kappa shape index (κ1) is 19.7. The molecule has 1 N–H and O–H groups in total. The van der Waals surface area contributed by atoms with Crippen molar-refractivity contribution in [3.8, 4) is 5.88 Å². The predicted molar refractivity (Wildman–Crippen MR) is 105 cm³/mol. The summed E-state index contributed by atoms with van der Waals surface area (Å²) in [5.41, 5.74) is 0.215. The average molecular weight is 384 g/mol. The first-order valence-electron chi connectivity index (χ1n) is 9.08. The standard InChI is InChI=1S/C21H24N2O5/c1-5-13-6-7-14-8-9-22-18(16(14)10-13)27-15-11-17(19(24)25)23(12-15)20(26)28-21(2,3)4/h5-10,15,17H,1,11-12H2,2-4H3,(H,24,25)/t15-,17+/m1/s1. The van der Waals surface area contributed by atoms with E-state index in [-0.39, 0.29) is 13.0 Å². The van der Waals surface area contributed by atoms with Crippen LogP contribution in [0.4, 0.5) is 4.79 Å². The molecule has 2 heterocycles. The van der Waals surface area contributed by atoms with E-state index in [9.17, 15) is 14.7 Å². The number of aliphatic carboxylic acids is 1. The van der Waals surface area contributed by atoms with Crippen LogP contribution in [0.25, 0.3) is 16.8 Å². The van der Waals surface area contributed by atoms with E-state index >= 15 is 0 Å². The highest BCUT2D eigenvalue weighted by Gasteiger charge is 2.42. The number of hydrogen-bond donors (Lipinski definition) is 1. The maximum atomic E-state index is 12.4. The van der Waals surface area contributed by atoms with Crippen molar-refractivity contribution < 1.29 is 24.2 Å². The summed E-state index contributed by atoms with van der Waals surface area (Å²) >= 11 is 0. The smallest absolute Gasteiger partial charge is 0.411 e. The largest absolute Gasteiger partial charge is 0.480 e. The molecule has 2 atom stereocenters. The molecule has 0 spiro atoms. The molecule has 2 aromatic rings. The second kappa shape index (κ2) is 7.50. The lowest BCUT2D eigenvalue weighted by molar-refractivity contribution is -0.142. The van der Waals surface area contributed by atoms with Gasteiger partial charge in [0.1, 0.15) is 17.7 Å². The molecule has 1 aliphatic rings. The minimum atomic E-state index is -1.09. The number of benzene rings is 1. The van der Waals surface area contributed by atoms with Crippen LogP contribution in [-0.2, 0) is 9.53 Å².